The van der Waals surface area contributed by atoms with Gasteiger partial charge >= 0.3 is 0 Å². The molecule has 1 saturated carbocycles. The molecule has 0 saturated heterocycles. The molecular weight excluding hydrogens is 522 g/mol. The second kappa shape index (κ2) is 30.6. The Hall–Kier alpha value is -2.93. The largest absolute Gasteiger partial charge is 0.372 e. The Morgan fingerprint density at radius 1 is 1.18 bits per heavy atom. The molecule has 40 heavy (non-hydrogen) atoms. The highest BCUT2D eigenvalue weighted by Crippen LogP contribution is 2.28. The first kappa shape index (κ1) is 41.5. The monoisotopic (exact) mass is 575 g/mol. The van der Waals surface area contributed by atoms with Crippen molar-refractivity contribution in [2.24, 2.45) is 17.4 Å². The zero-order valence-electron chi connectivity index (χ0n) is 25.4. The molecular formula is C31H53N5O3S. The van der Waals surface area contributed by atoms with Gasteiger partial charge in [0.15, 0.2) is 0 Å². The number of aromatic nitrogens is 1. The number of hydrogen-bond acceptors (Lipinski definition) is 8. The van der Waals surface area contributed by atoms with E-state index in [2.05, 4.69) is 73.4 Å². The average molecular weight is 576 g/mol. The quantitative estimate of drug-likeness (QED) is 0.248. The van der Waals surface area contributed by atoms with Crippen molar-refractivity contribution in [3.8, 4) is 6.07 Å². The summed E-state index contributed by atoms with van der Waals surface area (Å²) in [6.45, 7) is 12.3. The van der Waals surface area contributed by atoms with E-state index in [0.717, 1.165) is 42.0 Å². The third kappa shape index (κ3) is 20.0. The fourth-order valence-electron chi connectivity index (χ4n) is 3.88. The molecule has 1 atom stereocenters. The Kier molecular flexibility index (Phi) is 31.8. The van der Waals surface area contributed by atoms with Gasteiger partial charge in [0.1, 0.15) is 13.1 Å². The summed E-state index contributed by atoms with van der Waals surface area (Å²) in [4.78, 5) is 31.3. The van der Waals surface area contributed by atoms with E-state index in [1.54, 1.807) is 11.3 Å². The SMILES string of the molecule is C=C(C#N)CC(NC)C1CCCCC1.C=O.CCCC.CCc1ccc2nc(CCC=O)sc2c1.CN.NC=O. The van der Waals surface area contributed by atoms with Gasteiger partial charge in [-0.15, -0.1) is 11.3 Å². The molecule has 1 aromatic heterocycles. The molecule has 1 fully saturated rings. The predicted molar refractivity (Wildman–Crippen MR) is 170 cm³/mol. The smallest absolute Gasteiger partial charge is 0.204 e. The Morgan fingerprint density at radius 2 is 1.75 bits per heavy atom. The third-order valence-corrected chi connectivity index (χ3v) is 7.17. The molecule has 1 aromatic carbocycles. The number of primary amides is 1. The lowest BCUT2D eigenvalue weighted by atomic mass is 9.82. The van der Waals surface area contributed by atoms with Gasteiger partial charge in [0.2, 0.25) is 6.41 Å². The fraction of sp³-hybridized carbons (Fsp3) is 0.581. The van der Waals surface area contributed by atoms with Gasteiger partial charge < -0.3 is 26.4 Å². The van der Waals surface area contributed by atoms with Crippen LogP contribution in [0.3, 0.4) is 0 Å². The molecule has 226 valence electrons. The van der Waals surface area contributed by atoms with Gasteiger partial charge in [-0.05, 0) is 63.4 Å². The summed E-state index contributed by atoms with van der Waals surface area (Å²) in [7, 11) is 3.49. The number of unbranched alkanes of at least 4 members (excludes halogenated alkanes) is 1. The maximum Gasteiger partial charge on any atom is 0.204 e. The van der Waals surface area contributed by atoms with E-state index in [-0.39, 0.29) is 6.41 Å². The van der Waals surface area contributed by atoms with Gasteiger partial charge in [-0.25, -0.2) is 4.98 Å². The molecule has 0 bridgehead atoms. The number of nitrogens with zero attached hydrogens (tertiary/aromatic N) is 2. The number of nitrogens with two attached hydrogens (primary N) is 2. The average Bonchev–Trinajstić information content (AvgIpc) is 3.44. The molecule has 1 aliphatic carbocycles. The number of benzene rings is 1. The van der Waals surface area contributed by atoms with Crippen LogP contribution >= 0.6 is 11.3 Å². The Balaban J connectivity index is -0.000000506. The molecule has 1 amide bonds. The molecule has 1 unspecified atom stereocenters. The van der Waals surface area contributed by atoms with Crippen molar-refractivity contribution in [1.29, 1.82) is 5.26 Å². The second-order valence-corrected chi connectivity index (χ2v) is 9.93. The lowest BCUT2D eigenvalue weighted by Gasteiger charge is -2.29. The standard InChI is InChI=1S/C12H20N2.C12H13NOS.C4H10.CH3NO.CH5N.CH2O/c1-10(9-13)8-12(14-2)11-6-4-3-5-7-11;1-2-9-5-6-10-11(8-9)15-12(13-10)4-3-7-14;1-3-4-2;2-1-3;2*1-2/h11-12,14H,1,3-8H2,2H3;5-8H,2-4H2,1H3;3-4H2,1-2H3;1H,(H2,2,3);2H2,1H3;1H2. The van der Waals surface area contributed by atoms with E-state index in [1.165, 1.54) is 62.3 Å². The van der Waals surface area contributed by atoms with Crippen LogP contribution in [0.1, 0.15) is 89.1 Å². The first-order valence-electron chi connectivity index (χ1n) is 14.0. The normalized spacial score (nSPS) is 12.3. The van der Waals surface area contributed by atoms with E-state index < -0.39 is 0 Å². The van der Waals surface area contributed by atoms with Crippen molar-refractivity contribution in [2.45, 2.75) is 97.4 Å². The van der Waals surface area contributed by atoms with Crippen LogP contribution in [0, 0.1) is 17.2 Å². The van der Waals surface area contributed by atoms with Crippen molar-refractivity contribution in [3.05, 3.63) is 40.9 Å². The van der Waals surface area contributed by atoms with Crippen molar-refractivity contribution < 1.29 is 14.4 Å². The minimum Gasteiger partial charge on any atom is -0.372 e. The Labute approximate surface area is 246 Å². The summed E-state index contributed by atoms with van der Waals surface area (Å²) in [5, 5.41) is 13.1. The molecule has 5 N–H and O–H groups in total. The zero-order valence-corrected chi connectivity index (χ0v) is 26.2. The topological polar surface area (TPSA) is 152 Å². The van der Waals surface area contributed by atoms with Crippen LogP contribution in [0.15, 0.2) is 30.4 Å². The van der Waals surface area contributed by atoms with Crippen LogP contribution in [0.4, 0.5) is 0 Å². The zero-order chi connectivity index (χ0) is 31.2. The summed E-state index contributed by atoms with van der Waals surface area (Å²) < 4.78 is 1.23. The van der Waals surface area contributed by atoms with Crippen LogP contribution in [-0.2, 0) is 27.2 Å². The van der Waals surface area contributed by atoms with Crippen LogP contribution in [-0.4, -0.2) is 44.6 Å². The van der Waals surface area contributed by atoms with Crippen molar-refractivity contribution >= 4 is 41.0 Å². The summed E-state index contributed by atoms with van der Waals surface area (Å²) >= 11 is 1.70. The summed E-state index contributed by atoms with van der Waals surface area (Å²) in [5.74, 6) is 0.749. The van der Waals surface area contributed by atoms with Gasteiger partial charge in [-0.2, -0.15) is 5.26 Å². The number of carbonyl (C=O) groups excluding carboxylic acids is 3. The molecule has 0 aliphatic heterocycles. The number of fused-ring (bicyclic) bond motifs is 1. The lowest BCUT2D eigenvalue weighted by Crippen LogP contribution is -2.35. The maximum absolute atomic E-state index is 10.3. The number of carbonyl (C=O) groups is 3. The summed E-state index contributed by atoms with van der Waals surface area (Å²) in [6.07, 6.45) is 13.7. The van der Waals surface area contributed by atoms with Crippen LogP contribution in [0.5, 0.6) is 0 Å². The number of nitriles is 1. The number of hydrogen-bond donors (Lipinski definition) is 3. The highest BCUT2D eigenvalue weighted by atomic mass is 32.1. The molecule has 2 aromatic rings. The van der Waals surface area contributed by atoms with Crippen LogP contribution in [0.2, 0.25) is 0 Å². The second-order valence-electron chi connectivity index (χ2n) is 8.82. The number of amides is 1. The highest BCUT2D eigenvalue weighted by Gasteiger charge is 2.22. The summed E-state index contributed by atoms with van der Waals surface area (Å²) in [6, 6.07) is 8.97. The number of aldehydes is 1. The van der Waals surface area contributed by atoms with Gasteiger partial charge in [-0.3, -0.25) is 4.79 Å². The molecule has 0 radical (unpaired) electrons. The Bertz CT molecular complexity index is 935. The number of thiazole rings is 1. The molecule has 1 aliphatic rings. The van der Waals surface area contributed by atoms with Crippen molar-refractivity contribution in [2.75, 3.05) is 14.1 Å². The molecule has 1 heterocycles. The van der Waals surface area contributed by atoms with Gasteiger partial charge in [0.25, 0.3) is 0 Å². The van der Waals surface area contributed by atoms with Crippen LogP contribution < -0.4 is 16.8 Å². The van der Waals surface area contributed by atoms with Crippen molar-refractivity contribution in [1.82, 2.24) is 10.3 Å². The van der Waals surface area contributed by atoms with Gasteiger partial charge in [-0.1, -0.05) is 65.5 Å². The lowest BCUT2D eigenvalue weighted by molar-refractivity contribution is -0.108. The predicted octanol–water partition coefficient (Wildman–Crippen LogP) is 5.91. The Morgan fingerprint density at radius 3 is 2.20 bits per heavy atom. The third-order valence-electron chi connectivity index (χ3n) is 6.10. The maximum atomic E-state index is 10.3. The number of nitrogens with one attached hydrogen (secondary N) is 1. The minimum absolute atomic E-state index is 0.250. The summed E-state index contributed by atoms with van der Waals surface area (Å²) in [5.41, 5.74) is 11.8. The van der Waals surface area contributed by atoms with E-state index >= 15 is 0 Å². The van der Waals surface area contributed by atoms with Gasteiger partial charge in [0.05, 0.1) is 21.3 Å². The van der Waals surface area contributed by atoms with E-state index in [1.807, 2.05) is 13.8 Å². The highest BCUT2D eigenvalue weighted by molar-refractivity contribution is 7.18. The van der Waals surface area contributed by atoms with E-state index in [4.69, 9.17) is 14.9 Å². The first-order valence-corrected chi connectivity index (χ1v) is 14.8. The fourth-order valence-corrected chi connectivity index (χ4v) is 4.92. The van der Waals surface area contributed by atoms with E-state index in [0.29, 0.717) is 18.0 Å². The molecule has 0 spiro atoms. The molecule has 3 rings (SSSR count). The first-order chi connectivity index (χ1) is 19.4. The molecule has 8 nitrogen and oxygen atoms in total. The van der Waals surface area contributed by atoms with Gasteiger partial charge in [0, 0.05) is 24.5 Å². The minimum atomic E-state index is 0.250. The van der Waals surface area contributed by atoms with Crippen molar-refractivity contribution in [3.63, 3.8) is 0 Å². The number of rotatable bonds is 9. The number of aryl methyl sites for hydroxylation is 2. The molecule has 9 heteroatoms. The van der Waals surface area contributed by atoms with Crippen LogP contribution in [0.25, 0.3) is 10.2 Å². The van der Waals surface area contributed by atoms with E-state index in [9.17, 15) is 4.79 Å².